The third-order valence-corrected chi connectivity index (χ3v) is 7.90. The van der Waals surface area contributed by atoms with Gasteiger partial charge in [-0.2, -0.15) is 0 Å². The fraction of sp³-hybridized carbons (Fsp3) is 0.312. The third kappa shape index (κ3) is 4.96. The lowest BCUT2D eigenvalue weighted by Crippen LogP contribution is -2.48. The molecule has 194 valence electrons. The number of carbonyl (C=O) groups is 1. The summed E-state index contributed by atoms with van der Waals surface area (Å²) in [5, 5.41) is 4.41. The minimum atomic E-state index is -0.442. The number of pyridine rings is 1. The van der Waals surface area contributed by atoms with E-state index in [4.69, 9.17) is 9.47 Å². The van der Waals surface area contributed by atoms with Crippen molar-refractivity contribution in [1.29, 1.82) is 0 Å². The molecule has 1 saturated carbocycles. The van der Waals surface area contributed by atoms with Crippen molar-refractivity contribution in [2.24, 2.45) is 0 Å². The lowest BCUT2D eigenvalue weighted by atomic mass is 9.97. The van der Waals surface area contributed by atoms with Gasteiger partial charge in [0.05, 0.1) is 11.1 Å². The van der Waals surface area contributed by atoms with Gasteiger partial charge < -0.3 is 14.8 Å². The number of ether oxygens (including phenoxy) is 2. The first-order valence-electron chi connectivity index (χ1n) is 13.3. The smallest absolute Gasteiger partial charge is 0.252 e. The van der Waals surface area contributed by atoms with Crippen molar-refractivity contribution in [2.75, 3.05) is 20.2 Å². The predicted molar refractivity (Wildman–Crippen MR) is 149 cm³/mol. The molecule has 6 heteroatoms. The molecular formula is C32H33N3O3. The van der Waals surface area contributed by atoms with E-state index in [9.17, 15) is 4.79 Å². The van der Waals surface area contributed by atoms with Crippen LogP contribution in [-0.4, -0.2) is 42.0 Å². The topological polar surface area (TPSA) is 63.7 Å². The number of nitrogens with zero attached hydrogens (tertiary/aromatic N) is 2. The van der Waals surface area contributed by atoms with E-state index in [-0.39, 0.29) is 5.91 Å². The van der Waals surface area contributed by atoms with Gasteiger partial charge in [0.25, 0.3) is 5.91 Å². The second kappa shape index (κ2) is 10.1. The van der Waals surface area contributed by atoms with E-state index in [1.54, 1.807) is 6.20 Å². The van der Waals surface area contributed by atoms with Gasteiger partial charge in [-0.1, -0.05) is 42.5 Å². The van der Waals surface area contributed by atoms with Crippen LogP contribution in [-0.2, 0) is 12.1 Å². The Labute approximate surface area is 223 Å². The summed E-state index contributed by atoms with van der Waals surface area (Å²) in [5.74, 6) is 1.40. The zero-order chi connectivity index (χ0) is 26.1. The van der Waals surface area contributed by atoms with Crippen molar-refractivity contribution in [2.45, 2.75) is 44.4 Å². The Kier molecular flexibility index (Phi) is 6.50. The van der Waals surface area contributed by atoms with Crippen molar-refractivity contribution in [3.05, 3.63) is 101 Å². The second-order valence-corrected chi connectivity index (χ2v) is 10.6. The second-order valence-electron chi connectivity index (χ2n) is 10.6. The van der Waals surface area contributed by atoms with Crippen LogP contribution in [0.3, 0.4) is 0 Å². The first kappa shape index (κ1) is 24.4. The molecule has 1 amide bonds. The van der Waals surface area contributed by atoms with E-state index in [2.05, 4.69) is 34.4 Å². The quantitative estimate of drug-likeness (QED) is 0.318. The number of likely N-dealkylation sites (N-methyl/N-ethyl adjacent to an activating group) is 1. The van der Waals surface area contributed by atoms with Crippen LogP contribution >= 0.6 is 0 Å². The lowest BCUT2D eigenvalue weighted by molar-refractivity contribution is 0.0767. The van der Waals surface area contributed by atoms with Crippen LogP contribution in [0.15, 0.2) is 79.0 Å². The Balaban J connectivity index is 1.24. The largest absolute Gasteiger partial charge is 0.492 e. The molecule has 1 N–H and O–H groups in total. The van der Waals surface area contributed by atoms with E-state index in [1.165, 1.54) is 0 Å². The average molecular weight is 508 g/mol. The van der Waals surface area contributed by atoms with Crippen LogP contribution < -0.4 is 14.8 Å². The van der Waals surface area contributed by atoms with Crippen LogP contribution in [0.5, 0.6) is 11.5 Å². The molecule has 1 aliphatic heterocycles. The fourth-order valence-electron chi connectivity index (χ4n) is 5.16. The molecular weight excluding hydrogens is 474 g/mol. The van der Waals surface area contributed by atoms with Gasteiger partial charge in [0.1, 0.15) is 24.7 Å². The molecule has 2 aliphatic rings. The van der Waals surface area contributed by atoms with Gasteiger partial charge in [0, 0.05) is 29.3 Å². The highest BCUT2D eigenvalue weighted by Crippen LogP contribution is 2.49. The molecule has 2 heterocycles. The molecule has 1 aliphatic carbocycles. The maximum atomic E-state index is 13.6. The normalized spacial score (nSPS) is 18.0. The summed E-state index contributed by atoms with van der Waals surface area (Å²) >= 11 is 0. The number of nitrogens with one attached hydrogen (secondary N) is 1. The maximum absolute atomic E-state index is 13.6. The van der Waals surface area contributed by atoms with E-state index in [0.717, 1.165) is 64.9 Å². The van der Waals surface area contributed by atoms with Gasteiger partial charge in [-0.05, 0) is 80.7 Å². The van der Waals surface area contributed by atoms with Gasteiger partial charge in [0.15, 0.2) is 0 Å². The SMILES string of the molecule is Cc1ccc(OCC2CCN2C)cc1C(=O)NC1(c2cc(OCc3ccccc3)cc3ncccc23)CC1. The van der Waals surface area contributed by atoms with Gasteiger partial charge in [0.2, 0.25) is 0 Å². The predicted octanol–water partition coefficient (Wildman–Crippen LogP) is 5.62. The number of aryl methyl sites for hydroxylation is 1. The summed E-state index contributed by atoms with van der Waals surface area (Å²) in [5.41, 5.74) is 4.15. The number of benzene rings is 3. The van der Waals surface area contributed by atoms with Crippen molar-refractivity contribution in [3.8, 4) is 11.5 Å². The number of amides is 1. The number of rotatable bonds is 9. The molecule has 0 bridgehead atoms. The van der Waals surface area contributed by atoms with E-state index >= 15 is 0 Å². The van der Waals surface area contributed by atoms with Gasteiger partial charge >= 0.3 is 0 Å². The van der Waals surface area contributed by atoms with Gasteiger partial charge in [-0.25, -0.2) is 0 Å². The first-order valence-corrected chi connectivity index (χ1v) is 13.3. The fourth-order valence-corrected chi connectivity index (χ4v) is 5.16. The Bertz CT molecular complexity index is 1470. The van der Waals surface area contributed by atoms with Crippen molar-refractivity contribution in [3.63, 3.8) is 0 Å². The Morgan fingerprint density at radius 2 is 1.87 bits per heavy atom. The molecule has 6 rings (SSSR count). The number of hydrogen-bond donors (Lipinski definition) is 1. The van der Waals surface area contributed by atoms with Crippen LogP contribution in [0.2, 0.25) is 0 Å². The Morgan fingerprint density at radius 1 is 1.03 bits per heavy atom. The molecule has 4 aromatic rings. The summed E-state index contributed by atoms with van der Waals surface area (Å²) in [4.78, 5) is 20.5. The van der Waals surface area contributed by atoms with Crippen LogP contribution in [0, 0.1) is 6.92 Å². The number of aromatic nitrogens is 1. The third-order valence-electron chi connectivity index (χ3n) is 7.90. The number of fused-ring (bicyclic) bond motifs is 1. The van der Waals surface area contributed by atoms with Crippen molar-refractivity contribution < 1.29 is 14.3 Å². The summed E-state index contributed by atoms with van der Waals surface area (Å²) in [6, 6.07) is 24.4. The number of hydrogen-bond acceptors (Lipinski definition) is 5. The molecule has 1 unspecified atom stereocenters. The van der Waals surface area contributed by atoms with Crippen molar-refractivity contribution in [1.82, 2.24) is 15.2 Å². The highest BCUT2D eigenvalue weighted by Gasteiger charge is 2.47. The first-order chi connectivity index (χ1) is 18.5. The van der Waals surface area contributed by atoms with Gasteiger partial charge in [-0.3, -0.25) is 14.7 Å². The molecule has 6 nitrogen and oxygen atoms in total. The summed E-state index contributed by atoms with van der Waals surface area (Å²) in [7, 11) is 2.11. The zero-order valence-corrected chi connectivity index (χ0v) is 21.9. The Hall–Kier alpha value is -3.90. The number of carbonyl (C=O) groups excluding carboxylic acids is 1. The minimum Gasteiger partial charge on any atom is -0.492 e. The average Bonchev–Trinajstić information content (AvgIpc) is 3.72. The molecule has 0 radical (unpaired) electrons. The zero-order valence-electron chi connectivity index (χ0n) is 21.9. The molecule has 2 fully saturated rings. The van der Waals surface area contributed by atoms with Crippen LogP contribution in [0.4, 0.5) is 0 Å². The maximum Gasteiger partial charge on any atom is 0.252 e. The van der Waals surface area contributed by atoms with E-state index in [1.807, 2.05) is 67.6 Å². The molecule has 38 heavy (non-hydrogen) atoms. The van der Waals surface area contributed by atoms with Crippen LogP contribution in [0.1, 0.15) is 46.3 Å². The molecule has 1 atom stereocenters. The standard InChI is InChI=1S/C32H33N3O3/c1-22-10-11-25(38-21-24-12-16-35(24)2)17-28(22)31(36)34-32(13-14-32)29-18-26(19-30-27(29)9-6-15-33-30)37-20-23-7-4-3-5-8-23/h3-11,15,17-19,24H,12-14,16,20-21H2,1-2H3,(H,34,36). The summed E-state index contributed by atoms with van der Waals surface area (Å²) in [6.45, 7) is 4.19. The highest BCUT2D eigenvalue weighted by molar-refractivity contribution is 5.97. The monoisotopic (exact) mass is 507 g/mol. The Morgan fingerprint density at radius 3 is 2.61 bits per heavy atom. The van der Waals surface area contributed by atoms with Crippen molar-refractivity contribution >= 4 is 16.8 Å². The molecule has 1 saturated heterocycles. The molecule has 0 spiro atoms. The van der Waals surface area contributed by atoms with E-state index < -0.39 is 5.54 Å². The summed E-state index contributed by atoms with van der Waals surface area (Å²) in [6.07, 6.45) is 4.68. The molecule has 3 aromatic carbocycles. The van der Waals surface area contributed by atoms with E-state index in [0.29, 0.717) is 24.8 Å². The van der Waals surface area contributed by atoms with Gasteiger partial charge in [-0.15, -0.1) is 0 Å². The summed E-state index contributed by atoms with van der Waals surface area (Å²) < 4.78 is 12.2. The molecule has 1 aromatic heterocycles. The number of likely N-dealkylation sites (tertiary alicyclic amines) is 1. The highest BCUT2D eigenvalue weighted by atomic mass is 16.5. The lowest BCUT2D eigenvalue weighted by Gasteiger charge is -2.37. The minimum absolute atomic E-state index is 0.0844. The van der Waals surface area contributed by atoms with Crippen LogP contribution in [0.25, 0.3) is 10.9 Å².